The van der Waals surface area contributed by atoms with E-state index in [4.69, 9.17) is 11.5 Å². The molecule has 0 aliphatic heterocycles. The normalized spacial score (nSPS) is 10.6. The molecule has 6 N–H and O–H groups in total. The van der Waals surface area contributed by atoms with Gasteiger partial charge in [0, 0.05) is 0 Å². The molecule has 0 bridgehead atoms. The largest absolute Gasteiger partial charge is 0.397 e. The van der Waals surface area contributed by atoms with E-state index in [9.17, 15) is 9.59 Å². The monoisotopic (exact) mass is 192 g/mol. The highest BCUT2D eigenvalue weighted by Crippen LogP contribution is 2.21. The highest BCUT2D eigenvalue weighted by molar-refractivity contribution is 5.92. The second kappa shape index (κ2) is 2.63. The van der Waals surface area contributed by atoms with Crippen LogP contribution >= 0.6 is 0 Å². The van der Waals surface area contributed by atoms with E-state index in [0.717, 1.165) is 0 Å². The number of aromatic nitrogens is 2. The highest BCUT2D eigenvalue weighted by Gasteiger charge is 2.04. The lowest BCUT2D eigenvalue weighted by Gasteiger charge is -2.03. The van der Waals surface area contributed by atoms with Crippen LogP contribution in [0.1, 0.15) is 0 Å². The minimum absolute atomic E-state index is 0.260. The maximum atomic E-state index is 11.0. The number of anilines is 2. The van der Waals surface area contributed by atoms with Crippen molar-refractivity contribution in [2.24, 2.45) is 0 Å². The molecule has 0 atom stereocenters. The van der Waals surface area contributed by atoms with Crippen molar-refractivity contribution in [3.8, 4) is 0 Å². The number of benzene rings is 1. The van der Waals surface area contributed by atoms with Crippen molar-refractivity contribution in [2.45, 2.75) is 0 Å². The molecule has 14 heavy (non-hydrogen) atoms. The van der Waals surface area contributed by atoms with E-state index < -0.39 is 11.1 Å². The van der Waals surface area contributed by atoms with Gasteiger partial charge in [-0.25, -0.2) is 0 Å². The van der Waals surface area contributed by atoms with Crippen LogP contribution in [0.25, 0.3) is 11.0 Å². The third kappa shape index (κ3) is 1.05. The molecule has 72 valence electrons. The number of aromatic amines is 2. The van der Waals surface area contributed by atoms with E-state index >= 15 is 0 Å². The Kier molecular flexibility index (Phi) is 1.57. The molecule has 0 radical (unpaired) electrons. The van der Waals surface area contributed by atoms with E-state index in [2.05, 4.69) is 9.97 Å². The molecule has 2 aromatic rings. The minimum Gasteiger partial charge on any atom is -0.397 e. The summed E-state index contributed by atoms with van der Waals surface area (Å²) in [5.41, 5.74) is 11.1. The van der Waals surface area contributed by atoms with Gasteiger partial charge >= 0.3 is 11.1 Å². The van der Waals surface area contributed by atoms with Gasteiger partial charge in [0.1, 0.15) is 0 Å². The van der Waals surface area contributed by atoms with Crippen LogP contribution in [-0.2, 0) is 0 Å². The van der Waals surface area contributed by atoms with Crippen molar-refractivity contribution in [2.75, 3.05) is 11.5 Å². The van der Waals surface area contributed by atoms with Crippen molar-refractivity contribution < 1.29 is 0 Å². The van der Waals surface area contributed by atoms with Gasteiger partial charge in [-0.1, -0.05) is 0 Å². The molecule has 0 aliphatic carbocycles. The predicted molar refractivity (Wildman–Crippen MR) is 54.0 cm³/mol. The molecule has 0 aliphatic rings. The fraction of sp³-hybridized carbons (Fsp3) is 0. The molecule has 0 saturated heterocycles. The van der Waals surface area contributed by atoms with Crippen LogP contribution in [0, 0.1) is 0 Å². The zero-order chi connectivity index (χ0) is 10.3. The van der Waals surface area contributed by atoms with Gasteiger partial charge in [-0.05, 0) is 12.1 Å². The minimum atomic E-state index is -0.741. The smallest absolute Gasteiger partial charge is 0.314 e. The Morgan fingerprint density at radius 2 is 1.64 bits per heavy atom. The molecule has 0 amide bonds. The predicted octanol–water partition coefficient (Wildman–Crippen LogP) is -0.619. The van der Waals surface area contributed by atoms with Gasteiger partial charge in [-0.3, -0.25) is 9.59 Å². The summed E-state index contributed by atoms with van der Waals surface area (Å²) in [4.78, 5) is 26.7. The molecular formula is C8H8N4O2. The summed E-state index contributed by atoms with van der Waals surface area (Å²) < 4.78 is 0. The van der Waals surface area contributed by atoms with Gasteiger partial charge < -0.3 is 21.4 Å². The molecule has 1 aromatic heterocycles. The molecular weight excluding hydrogens is 184 g/mol. The van der Waals surface area contributed by atoms with Gasteiger partial charge in [0.15, 0.2) is 0 Å². The number of fused-ring (bicyclic) bond motifs is 1. The van der Waals surface area contributed by atoms with Crippen molar-refractivity contribution in [3.63, 3.8) is 0 Å². The maximum absolute atomic E-state index is 11.0. The van der Waals surface area contributed by atoms with E-state index in [0.29, 0.717) is 16.7 Å². The lowest BCUT2D eigenvalue weighted by molar-refractivity contribution is 1.15. The first-order valence-electron chi connectivity index (χ1n) is 3.90. The second-order valence-corrected chi connectivity index (χ2v) is 2.90. The van der Waals surface area contributed by atoms with Crippen LogP contribution in [0.3, 0.4) is 0 Å². The van der Waals surface area contributed by atoms with E-state index in [1.165, 1.54) is 0 Å². The number of hydrogen-bond acceptors (Lipinski definition) is 4. The third-order valence-corrected chi connectivity index (χ3v) is 1.97. The van der Waals surface area contributed by atoms with Crippen LogP contribution < -0.4 is 22.6 Å². The number of nitrogen functional groups attached to an aromatic ring is 2. The van der Waals surface area contributed by atoms with Crippen molar-refractivity contribution >= 4 is 22.4 Å². The van der Waals surface area contributed by atoms with E-state index in [-0.39, 0.29) is 5.69 Å². The van der Waals surface area contributed by atoms with Gasteiger partial charge in [0.05, 0.1) is 22.4 Å². The third-order valence-electron chi connectivity index (χ3n) is 1.97. The standard InChI is InChI=1S/C8H8N4O2/c9-3-1-2-4-6(5(3)10)12-8(14)7(13)11-4/h1-2H,9-10H2,(H,11,13)(H,12,14). The Balaban J connectivity index is 3.04. The van der Waals surface area contributed by atoms with Gasteiger partial charge in [-0.15, -0.1) is 0 Å². The van der Waals surface area contributed by atoms with Gasteiger partial charge in [0.25, 0.3) is 0 Å². The van der Waals surface area contributed by atoms with Crippen molar-refractivity contribution in [1.82, 2.24) is 9.97 Å². The molecule has 1 aromatic carbocycles. The van der Waals surface area contributed by atoms with E-state index in [1.807, 2.05) is 0 Å². The van der Waals surface area contributed by atoms with Gasteiger partial charge in [0.2, 0.25) is 0 Å². The van der Waals surface area contributed by atoms with Crippen LogP contribution in [0.5, 0.6) is 0 Å². The Morgan fingerprint density at radius 3 is 2.36 bits per heavy atom. The lowest BCUT2D eigenvalue weighted by Crippen LogP contribution is -2.29. The lowest BCUT2D eigenvalue weighted by atomic mass is 10.2. The Labute approximate surface area is 77.6 Å². The molecule has 0 saturated carbocycles. The molecule has 1 heterocycles. The number of rotatable bonds is 0. The molecule has 6 nitrogen and oxygen atoms in total. The van der Waals surface area contributed by atoms with Crippen LogP contribution in [-0.4, -0.2) is 9.97 Å². The summed E-state index contributed by atoms with van der Waals surface area (Å²) in [5.74, 6) is 0. The first-order chi connectivity index (χ1) is 6.59. The Hall–Kier alpha value is -2.24. The Bertz CT molecular complexity index is 611. The topological polar surface area (TPSA) is 118 Å². The molecule has 6 heteroatoms. The van der Waals surface area contributed by atoms with Crippen LogP contribution in [0.2, 0.25) is 0 Å². The summed E-state index contributed by atoms with van der Waals surface area (Å²) in [6.07, 6.45) is 0. The summed E-state index contributed by atoms with van der Waals surface area (Å²) in [7, 11) is 0. The number of nitrogens with two attached hydrogens (primary N) is 2. The average molecular weight is 192 g/mol. The molecule has 0 spiro atoms. The second-order valence-electron chi connectivity index (χ2n) is 2.90. The zero-order valence-electron chi connectivity index (χ0n) is 7.13. The first-order valence-corrected chi connectivity index (χ1v) is 3.90. The average Bonchev–Trinajstić information content (AvgIpc) is 2.15. The first kappa shape index (κ1) is 8.36. The molecule has 2 rings (SSSR count). The summed E-state index contributed by atoms with van der Waals surface area (Å²) in [6.45, 7) is 0. The fourth-order valence-corrected chi connectivity index (χ4v) is 1.22. The molecule has 0 fully saturated rings. The van der Waals surface area contributed by atoms with Crippen molar-refractivity contribution in [1.29, 1.82) is 0 Å². The number of H-pyrrole nitrogens is 2. The fourth-order valence-electron chi connectivity index (χ4n) is 1.22. The summed E-state index contributed by atoms with van der Waals surface area (Å²) >= 11 is 0. The highest BCUT2D eigenvalue weighted by atomic mass is 16.2. The quantitative estimate of drug-likeness (QED) is 0.328. The summed E-state index contributed by atoms with van der Waals surface area (Å²) in [5, 5.41) is 0. The van der Waals surface area contributed by atoms with Crippen molar-refractivity contribution in [3.05, 3.63) is 32.8 Å². The number of hydrogen-bond donors (Lipinski definition) is 4. The van der Waals surface area contributed by atoms with E-state index in [1.54, 1.807) is 12.1 Å². The zero-order valence-corrected chi connectivity index (χ0v) is 7.13. The summed E-state index contributed by atoms with van der Waals surface area (Å²) in [6, 6.07) is 3.14. The molecule has 0 unspecified atom stereocenters. The number of nitrogens with one attached hydrogen (secondary N) is 2. The SMILES string of the molecule is Nc1ccc2[nH]c(=O)c(=O)[nH]c2c1N. The Morgan fingerprint density at radius 1 is 1.00 bits per heavy atom. The van der Waals surface area contributed by atoms with Crippen LogP contribution in [0.15, 0.2) is 21.7 Å². The maximum Gasteiger partial charge on any atom is 0.314 e. The van der Waals surface area contributed by atoms with Gasteiger partial charge in [-0.2, -0.15) is 0 Å². The van der Waals surface area contributed by atoms with Crippen LogP contribution in [0.4, 0.5) is 11.4 Å².